The zero-order valence-corrected chi connectivity index (χ0v) is 17.9. The van der Waals surface area contributed by atoms with Gasteiger partial charge in [-0.25, -0.2) is 9.97 Å². The predicted octanol–water partition coefficient (Wildman–Crippen LogP) is 3.09. The highest BCUT2D eigenvalue weighted by Crippen LogP contribution is 2.32. The molecule has 0 bridgehead atoms. The second-order valence-electron chi connectivity index (χ2n) is 6.90. The molecule has 0 aliphatic carbocycles. The van der Waals surface area contributed by atoms with Crippen molar-refractivity contribution < 1.29 is 14.0 Å². The maximum absolute atomic E-state index is 12.8. The molecule has 1 amide bonds. The minimum absolute atomic E-state index is 0.0931. The van der Waals surface area contributed by atoms with Crippen LogP contribution in [0.4, 0.5) is 11.5 Å². The van der Waals surface area contributed by atoms with Crippen molar-refractivity contribution in [3.8, 4) is 11.3 Å². The van der Waals surface area contributed by atoms with Crippen LogP contribution in [-0.4, -0.2) is 36.7 Å². The first-order valence-corrected chi connectivity index (χ1v) is 10.2. The summed E-state index contributed by atoms with van der Waals surface area (Å²) in [5.41, 5.74) is 9.81. The highest BCUT2D eigenvalue weighted by molar-refractivity contribution is 7.09. The van der Waals surface area contributed by atoms with Gasteiger partial charge in [-0.05, 0) is 31.0 Å². The smallest absolute Gasteiger partial charge is 0.279 e. The molecule has 0 aliphatic rings. The number of oxazole rings is 1. The van der Waals surface area contributed by atoms with Gasteiger partial charge in [-0.3, -0.25) is 9.59 Å². The number of benzene rings is 1. The Morgan fingerprint density at radius 3 is 2.84 bits per heavy atom. The first-order chi connectivity index (χ1) is 14.8. The fourth-order valence-corrected chi connectivity index (χ4v) is 3.71. The van der Waals surface area contributed by atoms with Gasteiger partial charge in [0.2, 0.25) is 0 Å². The number of Topliss-reactive ketones (excluding diaryl/α,β-unsaturated/α-hetero) is 1. The van der Waals surface area contributed by atoms with Crippen LogP contribution in [0.15, 0.2) is 34.5 Å². The first kappa shape index (κ1) is 20.4. The van der Waals surface area contributed by atoms with Crippen LogP contribution >= 0.6 is 11.3 Å². The van der Waals surface area contributed by atoms with Gasteiger partial charge in [-0.15, -0.1) is 16.4 Å². The summed E-state index contributed by atoms with van der Waals surface area (Å²) >= 11 is 1.34. The normalized spacial score (nSPS) is 10.9. The molecule has 0 saturated heterocycles. The number of nitrogens with zero attached hydrogens (tertiary/aromatic N) is 5. The molecule has 3 heterocycles. The second kappa shape index (κ2) is 8.11. The number of thiazole rings is 1. The first-order valence-electron chi connectivity index (χ1n) is 9.30. The highest BCUT2D eigenvalue weighted by atomic mass is 32.1. The highest BCUT2D eigenvalue weighted by Gasteiger charge is 2.22. The fourth-order valence-electron chi connectivity index (χ4n) is 2.91. The van der Waals surface area contributed by atoms with Gasteiger partial charge in [0.1, 0.15) is 17.2 Å². The van der Waals surface area contributed by atoms with Crippen LogP contribution in [0.1, 0.15) is 44.0 Å². The minimum Gasteiger partial charge on any atom is -0.443 e. The number of anilines is 2. The fraction of sp³-hybridized carbons (Fsp3) is 0.200. The van der Waals surface area contributed by atoms with E-state index in [9.17, 15) is 9.59 Å². The summed E-state index contributed by atoms with van der Waals surface area (Å²) in [4.78, 5) is 33.8. The second-order valence-corrected chi connectivity index (χ2v) is 7.84. The van der Waals surface area contributed by atoms with Crippen LogP contribution < -0.4 is 11.1 Å². The number of hydrogen-bond donors (Lipinski definition) is 2. The summed E-state index contributed by atoms with van der Waals surface area (Å²) in [5.74, 6) is -0.0707. The van der Waals surface area contributed by atoms with Crippen molar-refractivity contribution in [3.63, 3.8) is 0 Å². The van der Waals surface area contributed by atoms with Crippen molar-refractivity contribution in [2.75, 3.05) is 11.1 Å². The molecule has 0 fully saturated rings. The lowest BCUT2D eigenvalue weighted by Gasteiger charge is -2.09. The largest absolute Gasteiger partial charge is 0.443 e. The van der Waals surface area contributed by atoms with Crippen LogP contribution in [0.2, 0.25) is 0 Å². The van der Waals surface area contributed by atoms with E-state index >= 15 is 0 Å². The molecule has 0 aliphatic heterocycles. The Balaban J connectivity index is 1.51. The van der Waals surface area contributed by atoms with E-state index in [1.807, 2.05) is 19.9 Å². The molecule has 3 aromatic heterocycles. The van der Waals surface area contributed by atoms with Crippen molar-refractivity contribution in [1.29, 1.82) is 0 Å². The third-order valence-corrected chi connectivity index (χ3v) is 5.61. The Kier molecular flexibility index (Phi) is 5.34. The van der Waals surface area contributed by atoms with E-state index in [2.05, 4.69) is 25.5 Å². The van der Waals surface area contributed by atoms with E-state index < -0.39 is 5.91 Å². The zero-order chi connectivity index (χ0) is 22.1. The number of nitrogen functional groups attached to an aromatic ring is 1. The monoisotopic (exact) mass is 437 g/mol. The Hall–Kier alpha value is -3.86. The van der Waals surface area contributed by atoms with Crippen LogP contribution in [0.5, 0.6) is 0 Å². The molecule has 0 radical (unpaired) electrons. The van der Waals surface area contributed by atoms with Crippen LogP contribution in [0.25, 0.3) is 11.3 Å². The summed E-state index contributed by atoms with van der Waals surface area (Å²) < 4.78 is 5.46. The number of hydrogen-bond acceptors (Lipinski definition) is 9. The molecule has 0 spiro atoms. The van der Waals surface area contributed by atoms with E-state index in [0.29, 0.717) is 22.0 Å². The van der Waals surface area contributed by atoms with E-state index in [4.69, 9.17) is 10.2 Å². The maximum atomic E-state index is 12.8. The quantitative estimate of drug-likeness (QED) is 0.346. The molecule has 4 aromatic rings. The Bertz CT molecular complexity index is 1290. The molecule has 3 N–H and O–H groups in total. The van der Waals surface area contributed by atoms with Gasteiger partial charge in [0.25, 0.3) is 5.91 Å². The average Bonchev–Trinajstić information content (AvgIpc) is 3.48. The molecule has 0 unspecified atom stereocenters. The molecular weight excluding hydrogens is 418 g/mol. The lowest BCUT2D eigenvalue weighted by molar-refractivity contribution is 0.100. The summed E-state index contributed by atoms with van der Waals surface area (Å²) in [5, 5.41) is 13.4. The van der Waals surface area contributed by atoms with Crippen molar-refractivity contribution in [2.45, 2.75) is 27.3 Å². The summed E-state index contributed by atoms with van der Waals surface area (Å²) in [6.07, 6.45) is 2.62. The van der Waals surface area contributed by atoms with Crippen LogP contribution in [0.3, 0.4) is 0 Å². The summed E-state index contributed by atoms with van der Waals surface area (Å²) in [7, 11) is 0. The number of nitrogens with one attached hydrogen (secondary N) is 1. The number of nitrogens with two attached hydrogens (primary N) is 1. The number of ketones is 1. The van der Waals surface area contributed by atoms with Crippen LogP contribution in [0, 0.1) is 13.8 Å². The van der Waals surface area contributed by atoms with Crippen molar-refractivity contribution >= 4 is 34.5 Å². The Morgan fingerprint density at radius 2 is 2.10 bits per heavy atom. The predicted molar refractivity (Wildman–Crippen MR) is 115 cm³/mol. The number of carbonyl (C=O) groups is 2. The van der Waals surface area contributed by atoms with E-state index in [1.54, 1.807) is 11.4 Å². The van der Waals surface area contributed by atoms with E-state index in [0.717, 1.165) is 11.1 Å². The van der Waals surface area contributed by atoms with Crippen molar-refractivity contribution in [1.82, 2.24) is 25.0 Å². The molecule has 0 atom stereocenters. The average molecular weight is 437 g/mol. The van der Waals surface area contributed by atoms with Gasteiger partial charge in [-0.1, -0.05) is 6.07 Å². The Morgan fingerprint density at radius 1 is 1.29 bits per heavy atom. The van der Waals surface area contributed by atoms with E-state index in [1.165, 1.54) is 35.6 Å². The number of aryl methyl sites for hydroxylation is 1. The van der Waals surface area contributed by atoms with Gasteiger partial charge in [0.05, 0.1) is 6.20 Å². The molecule has 1 aromatic carbocycles. The zero-order valence-electron chi connectivity index (χ0n) is 17.0. The van der Waals surface area contributed by atoms with E-state index in [-0.39, 0.29) is 29.6 Å². The molecule has 158 valence electrons. The number of amides is 1. The number of aromatic nitrogens is 5. The van der Waals surface area contributed by atoms with Gasteiger partial charge in [-0.2, -0.15) is 9.90 Å². The molecular formula is C20H19N7O3S. The topological polar surface area (TPSA) is 142 Å². The molecule has 10 nitrogen and oxygen atoms in total. The standard InChI is InChI=1S/C20H19N7O3S/c1-10-4-5-13(17(21)11(10)2)19-18(22-9-30-19)20(29)25-15-6-23-27(26-15)7-16-24-14(8-31-16)12(3)28/h4-6,8-9H,7,21H2,1-3H3,(H,25,26,29). The number of carbonyl (C=O) groups excluding carboxylic acids is 2. The maximum Gasteiger partial charge on any atom is 0.279 e. The SMILES string of the molecule is CC(=O)c1csc(Cn2ncc(NC(=O)c3ncoc3-c3ccc(C)c(C)c3N)n2)n1. The van der Waals surface area contributed by atoms with Crippen LogP contribution in [-0.2, 0) is 6.54 Å². The summed E-state index contributed by atoms with van der Waals surface area (Å²) in [6, 6.07) is 3.71. The molecule has 11 heteroatoms. The molecule has 4 rings (SSSR count). The van der Waals surface area contributed by atoms with Crippen molar-refractivity contribution in [2.24, 2.45) is 0 Å². The van der Waals surface area contributed by atoms with Crippen molar-refractivity contribution in [3.05, 3.63) is 57.6 Å². The molecule has 31 heavy (non-hydrogen) atoms. The Labute approximate surface area is 181 Å². The van der Waals surface area contributed by atoms with Gasteiger partial charge in [0.15, 0.2) is 29.4 Å². The third kappa shape index (κ3) is 4.08. The number of rotatable bonds is 6. The van der Waals surface area contributed by atoms with Gasteiger partial charge in [0, 0.05) is 23.6 Å². The van der Waals surface area contributed by atoms with Gasteiger partial charge < -0.3 is 15.5 Å². The lowest BCUT2D eigenvalue weighted by Crippen LogP contribution is -2.14. The van der Waals surface area contributed by atoms with Gasteiger partial charge >= 0.3 is 0 Å². The lowest BCUT2D eigenvalue weighted by atomic mass is 10.0. The third-order valence-electron chi connectivity index (χ3n) is 4.78. The molecule has 0 saturated carbocycles. The summed E-state index contributed by atoms with van der Waals surface area (Å²) in [6.45, 7) is 5.61. The minimum atomic E-state index is -0.499.